The molecule has 0 aromatic heterocycles. The average Bonchev–Trinajstić information content (AvgIpc) is 2.33. The van der Waals surface area contributed by atoms with E-state index in [-0.39, 0.29) is 5.82 Å². The van der Waals surface area contributed by atoms with Crippen molar-refractivity contribution in [2.45, 2.75) is 64.2 Å². The molecule has 0 heterocycles. The van der Waals surface area contributed by atoms with Gasteiger partial charge in [0.25, 0.3) is 0 Å². The lowest BCUT2D eigenvalue weighted by Crippen LogP contribution is -2.43. The van der Waals surface area contributed by atoms with Crippen molar-refractivity contribution in [2.24, 2.45) is 0 Å². The minimum absolute atomic E-state index is 0.160. The first-order chi connectivity index (χ1) is 9.30. The zero-order valence-corrected chi connectivity index (χ0v) is 14.8. The number of rotatable bonds is 6. The van der Waals surface area contributed by atoms with Crippen molar-refractivity contribution in [3.8, 4) is 0 Å². The summed E-state index contributed by atoms with van der Waals surface area (Å²) in [6.07, 6.45) is 4.36. The fourth-order valence-corrected chi connectivity index (χ4v) is 9.66. The maximum atomic E-state index is 13.2. The number of allylic oxidation sites excluding steroid dienone is 1. The predicted octanol–water partition coefficient (Wildman–Crippen LogP) is 6.52. The Bertz CT molecular complexity index is 425. The number of halogens is 1. The number of hydrogen-bond donors (Lipinski definition) is 0. The van der Waals surface area contributed by atoms with Gasteiger partial charge in [0.15, 0.2) is 0 Å². The van der Waals surface area contributed by atoms with Gasteiger partial charge in [-0.15, -0.1) is 0 Å². The van der Waals surface area contributed by atoms with Crippen molar-refractivity contribution in [1.82, 2.24) is 0 Å². The topological polar surface area (TPSA) is 0 Å². The minimum atomic E-state index is -1.38. The van der Waals surface area contributed by atoms with Gasteiger partial charge in [0.1, 0.15) is 5.82 Å². The van der Waals surface area contributed by atoms with Crippen LogP contribution in [-0.2, 0) is 0 Å². The summed E-state index contributed by atoms with van der Waals surface area (Å²) in [5, 5.41) is 0. The lowest BCUT2D eigenvalue weighted by atomic mass is 10.2. The standard InChI is InChI=1S/C18H29FSi/c1-14(2)20(15(3)4,16(5)6)12-8-10-17-9-7-11-18(19)13-17/h7-11,13-16H,12H2,1-6H3/b10-8-. The van der Waals surface area contributed by atoms with E-state index in [1.54, 1.807) is 12.1 Å². The second-order valence-electron chi connectivity index (χ2n) is 6.74. The third kappa shape index (κ3) is 3.82. The van der Waals surface area contributed by atoms with Gasteiger partial charge in [-0.05, 0) is 23.7 Å². The molecule has 0 fully saturated rings. The van der Waals surface area contributed by atoms with Crippen molar-refractivity contribution >= 4 is 14.1 Å². The molecular formula is C18H29FSi. The molecular weight excluding hydrogens is 263 g/mol. The van der Waals surface area contributed by atoms with Gasteiger partial charge in [0, 0.05) is 0 Å². The summed E-state index contributed by atoms with van der Waals surface area (Å²) in [6, 6.07) is 8.00. The molecule has 0 saturated carbocycles. The first-order valence-electron chi connectivity index (χ1n) is 7.72. The Kier molecular flexibility index (Phi) is 6.19. The van der Waals surface area contributed by atoms with Crippen molar-refractivity contribution in [2.75, 3.05) is 0 Å². The monoisotopic (exact) mass is 292 g/mol. The molecule has 1 rings (SSSR count). The van der Waals surface area contributed by atoms with Crippen LogP contribution in [0.1, 0.15) is 47.1 Å². The first kappa shape index (κ1) is 17.2. The fourth-order valence-electron chi connectivity index (χ4n) is 3.72. The molecule has 0 aliphatic rings. The zero-order valence-electron chi connectivity index (χ0n) is 13.8. The third-order valence-electron chi connectivity index (χ3n) is 4.86. The normalized spacial score (nSPS) is 13.1. The van der Waals surface area contributed by atoms with Gasteiger partial charge in [0.2, 0.25) is 0 Å². The Morgan fingerprint density at radius 2 is 1.55 bits per heavy atom. The van der Waals surface area contributed by atoms with Crippen LogP contribution in [0.15, 0.2) is 30.3 Å². The Labute approximate surface area is 125 Å². The molecule has 0 nitrogen and oxygen atoms in total. The van der Waals surface area contributed by atoms with E-state index >= 15 is 0 Å². The average molecular weight is 293 g/mol. The lowest BCUT2D eigenvalue weighted by Gasteiger charge is -2.42. The molecule has 0 saturated heterocycles. The predicted molar refractivity (Wildman–Crippen MR) is 91.3 cm³/mol. The van der Waals surface area contributed by atoms with Gasteiger partial charge in [-0.25, -0.2) is 4.39 Å². The fraction of sp³-hybridized carbons (Fsp3) is 0.556. The van der Waals surface area contributed by atoms with E-state index in [4.69, 9.17) is 0 Å². The Morgan fingerprint density at radius 1 is 1.00 bits per heavy atom. The molecule has 112 valence electrons. The summed E-state index contributed by atoms with van der Waals surface area (Å²) >= 11 is 0. The third-order valence-corrected chi connectivity index (χ3v) is 12.2. The highest BCUT2D eigenvalue weighted by Crippen LogP contribution is 2.44. The summed E-state index contributed by atoms with van der Waals surface area (Å²) in [7, 11) is -1.38. The lowest BCUT2D eigenvalue weighted by molar-refractivity contribution is 0.627. The van der Waals surface area contributed by atoms with Crippen LogP contribution in [0, 0.1) is 5.82 Å². The molecule has 0 unspecified atom stereocenters. The highest BCUT2D eigenvalue weighted by Gasteiger charge is 2.41. The van der Waals surface area contributed by atoms with Crippen molar-refractivity contribution in [3.63, 3.8) is 0 Å². The molecule has 1 aromatic rings. The van der Waals surface area contributed by atoms with Gasteiger partial charge < -0.3 is 0 Å². The summed E-state index contributed by atoms with van der Waals surface area (Å²) in [4.78, 5) is 0. The van der Waals surface area contributed by atoms with Crippen LogP contribution >= 0.6 is 0 Å². The molecule has 0 aliphatic carbocycles. The van der Waals surface area contributed by atoms with Gasteiger partial charge >= 0.3 is 0 Å². The van der Waals surface area contributed by atoms with Gasteiger partial charge in [-0.1, -0.05) is 82.5 Å². The highest BCUT2D eigenvalue weighted by atomic mass is 28.3. The van der Waals surface area contributed by atoms with Crippen LogP contribution in [0.4, 0.5) is 4.39 Å². The molecule has 0 spiro atoms. The van der Waals surface area contributed by atoms with E-state index in [0.717, 1.165) is 22.2 Å². The molecule has 1 aromatic carbocycles. The maximum Gasteiger partial charge on any atom is 0.123 e. The molecule has 0 bridgehead atoms. The van der Waals surface area contributed by atoms with E-state index in [0.29, 0.717) is 0 Å². The minimum Gasteiger partial charge on any atom is -0.207 e. The smallest absolute Gasteiger partial charge is 0.123 e. The van der Waals surface area contributed by atoms with Crippen molar-refractivity contribution in [3.05, 3.63) is 41.7 Å². The van der Waals surface area contributed by atoms with Crippen molar-refractivity contribution in [1.29, 1.82) is 0 Å². The van der Waals surface area contributed by atoms with Gasteiger partial charge in [-0.2, -0.15) is 0 Å². The van der Waals surface area contributed by atoms with Crippen LogP contribution in [-0.4, -0.2) is 8.07 Å². The Morgan fingerprint density at radius 3 is 2.00 bits per heavy atom. The van der Waals surface area contributed by atoms with E-state index in [1.807, 2.05) is 6.07 Å². The largest absolute Gasteiger partial charge is 0.207 e. The number of hydrogen-bond acceptors (Lipinski definition) is 0. The van der Waals surface area contributed by atoms with Crippen LogP contribution < -0.4 is 0 Å². The van der Waals surface area contributed by atoms with Crippen LogP contribution in [0.5, 0.6) is 0 Å². The second-order valence-corrected chi connectivity index (χ2v) is 12.8. The van der Waals surface area contributed by atoms with E-state index in [9.17, 15) is 4.39 Å². The molecule has 0 aliphatic heterocycles. The zero-order chi connectivity index (χ0) is 15.3. The summed E-state index contributed by atoms with van der Waals surface area (Å²) in [6.45, 7) is 14.3. The van der Waals surface area contributed by atoms with Crippen LogP contribution in [0.3, 0.4) is 0 Å². The first-order valence-corrected chi connectivity index (χ1v) is 10.2. The molecule has 0 amide bonds. The molecule has 0 radical (unpaired) electrons. The molecule has 20 heavy (non-hydrogen) atoms. The second kappa shape index (κ2) is 7.21. The van der Waals surface area contributed by atoms with Crippen molar-refractivity contribution < 1.29 is 4.39 Å². The Balaban J connectivity index is 2.92. The molecule has 0 atom stereocenters. The SMILES string of the molecule is CC(C)[Si](C/C=C\c1cccc(F)c1)(C(C)C)C(C)C. The molecule has 0 N–H and O–H groups in total. The van der Waals surface area contributed by atoms with Gasteiger partial charge in [0.05, 0.1) is 8.07 Å². The van der Waals surface area contributed by atoms with Gasteiger partial charge in [-0.3, -0.25) is 0 Å². The summed E-state index contributed by atoms with van der Waals surface area (Å²) in [5.74, 6) is -0.160. The summed E-state index contributed by atoms with van der Waals surface area (Å²) < 4.78 is 13.2. The van der Waals surface area contributed by atoms with Crippen LogP contribution in [0.25, 0.3) is 6.08 Å². The molecule has 2 heteroatoms. The maximum absolute atomic E-state index is 13.2. The Hall–Kier alpha value is -0.893. The highest BCUT2D eigenvalue weighted by molar-refractivity contribution is 6.83. The van der Waals surface area contributed by atoms with E-state index in [2.05, 4.69) is 53.7 Å². The van der Waals surface area contributed by atoms with Crippen LogP contribution in [0.2, 0.25) is 22.7 Å². The summed E-state index contributed by atoms with van der Waals surface area (Å²) in [5.41, 5.74) is 3.25. The quantitative estimate of drug-likeness (QED) is 0.524. The van der Waals surface area contributed by atoms with E-state index in [1.165, 1.54) is 12.1 Å². The number of benzene rings is 1. The van der Waals surface area contributed by atoms with E-state index < -0.39 is 8.07 Å².